The van der Waals surface area contributed by atoms with E-state index in [0.29, 0.717) is 39.4 Å². The summed E-state index contributed by atoms with van der Waals surface area (Å²) in [5.74, 6) is 0.0473. The number of hydrogen-bond donors (Lipinski definition) is 3. The number of halogens is 2. The van der Waals surface area contributed by atoms with Crippen molar-refractivity contribution in [3.63, 3.8) is 0 Å². The Morgan fingerprint density at radius 2 is 1.50 bits per heavy atom. The average molecular weight is 394 g/mol. The normalized spacial score (nSPS) is 10.5. The van der Waals surface area contributed by atoms with Crippen LogP contribution >= 0.6 is 23.2 Å². The van der Waals surface area contributed by atoms with Crippen LogP contribution in [0.1, 0.15) is 20.3 Å². The van der Waals surface area contributed by atoms with Gasteiger partial charge in [-0.2, -0.15) is 0 Å². The molecule has 0 atom stereocenters. The molecule has 0 aliphatic rings. The van der Waals surface area contributed by atoms with Gasteiger partial charge in [-0.1, -0.05) is 37.0 Å². The lowest BCUT2D eigenvalue weighted by Gasteiger charge is -2.11. The van der Waals surface area contributed by atoms with Crippen LogP contribution in [0.2, 0.25) is 10.0 Å². The smallest absolute Gasteiger partial charge is 0.243 e. The molecular formula is C19H21Cl2N3O2. The summed E-state index contributed by atoms with van der Waals surface area (Å²) in [7, 11) is 0. The molecule has 0 aliphatic carbocycles. The van der Waals surface area contributed by atoms with E-state index in [1.54, 1.807) is 42.5 Å². The quantitative estimate of drug-likeness (QED) is 0.617. The standard InChI is InChI=1S/C19H21Cl2N3O2/c1-12(2)9-18(25)23-14-4-6-15(7-5-14)24-19(26)11-22-17-10-13(20)3-8-16(17)21/h3-8,10,12,22H,9,11H2,1-2H3,(H,23,25)(H,24,26). The molecule has 5 nitrogen and oxygen atoms in total. The second-order valence-electron chi connectivity index (χ2n) is 6.25. The molecule has 0 saturated carbocycles. The van der Waals surface area contributed by atoms with Crippen LogP contribution in [0.15, 0.2) is 42.5 Å². The van der Waals surface area contributed by atoms with Gasteiger partial charge >= 0.3 is 0 Å². The summed E-state index contributed by atoms with van der Waals surface area (Å²) >= 11 is 12.0. The largest absolute Gasteiger partial charge is 0.375 e. The van der Waals surface area contributed by atoms with Crippen LogP contribution in [0.5, 0.6) is 0 Å². The molecule has 2 amide bonds. The number of amides is 2. The molecule has 26 heavy (non-hydrogen) atoms. The van der Waals surface area contributed by atoms with E-state index in [1.165, 1.54) is 0 Å². The van der Waals surface area contributed by atoms with Crippen molar-refractivity contribution in [2.24, 2.45) is 5.92 Å². The highest BCUT2D eigenvalue weighted by molar-refractivity contribution is 6.35. The Labute approximate surface area is 163 Å². The lowest BCUT2D eigenvalue weighted by Crippen LogP contribution is -2.21. The number of carbonyl (C=O) groups excluding carboxylic acids is 2. The predicted molar refractivity (Wildman–Crippen MR) is 108 cm³/mol. The van der Waals surface area contributed by atoms with Crippen LogP contribution in [-0.2, 0) is 9.59 Å². The van der Waals surface area contributed by atoms with Gasteiger partial charge < -0.3 is 16.0 Å². The summed E-state index contributed by atoms with van der Waals surface area (Å²) in [6.45, 7) is 4.03. The van der Waals surface area contributed by atoms with E-state index in [-0.39, 0.29) is 18.4 Å². The maximum atomic E-state index is 12.0. The number of rotatable bonds is 7. The molecule has 0 fully saturated rings. The number of anilines is 3. The first kappa shape index (κ1) is 20.1. The maximum absolute atomic E-state index is 12.0. The molecule has 7 heteroatoms. The molecule has 0 bridgehead atoms. The van der Waals surface area contributed by atoms with E-state index in [1.807, 2.05) is 13.8 Å². The van der Waals surface area contributed by atoms with Crippen LogP contribution < -0.4 is 16.0 Å². The van der Waals surface area contributed by atoms with Crippen molar-refractivity contribution in [3.05, 3.63) is 52.5 Å². The fraction of sp³-hybridized carbons (Fsp3) is 0.263. The van der Waals surface area contributed by atoms with Crippen molar-refractivity contribution >= 4 is 52.1 Å². The van der Waals surface area contributed by atoms with Gasteiger partial charge in [0.2, 0.25) is 11.8 Å². The highest BCUT2D eigenvalue weighted by atomic mass is 35.5. The molecule has 138 valence electrons. The van der Waals surface area contributed by atoms with Gasteiger partial charge in [-0.25, -0.2) is 0 Å². The Kier molecular flexibility index (Phi) is 7.30. The van der Waals surface area contributed by atoms with Crippen molar-refractivity contribution in [1.29, 1.82) is 0 Å². The molecule has 0 unspecified atom stereocenters. The minimum absolute atomic E-state index is 0.0283. The van der Waals surface area contributed by atoms with Gasteiger partial charge in [-0.15, -0.1) is 0 Å². The van der Waals surface area contributed by atoms with Crippen LogP contribution in [0.3, 0.4) is 0 Å². The van der Waals surface area contributed by atoms with E-state index in [2.05, 4.69) is 16.0 Å². The molecule has 0 radical (unpaired) electrons. The summed E-state index contributed by atoms with van der Waals surface area (Å²) in [6.07, 6.45) is 0.468. The highest BCUT2D eigenvalue weighted by Crippen LogP contribution is 2.25. The molecule has 2 aromatic rings. The lowest BCUT2D eigenvalue weighted by molar-refractivity contribution is -0.117. The predicted octanol–water partition coefficient (Wildman–Crippen LogP) is 5.03. The van der Waals surface area contributed by atoms with Gasteiger partial charge in [0.15, 0.2) is 0 Å². The fourth-order valence-electron chi connectivity index (χ4n) is 2.23. The Hall–Kier alpha value is -2.24. The summed E-state index contributed by atoms with van der Waals surface area (Å²) in [6, 6.07) is 12.0. The first-order valence-corrected chi connectivity index (χ1v) is 8.98. The van der Waals surface area contributed by atoms with Gasteiger partial charge in [-0.05, 0) is 48.4 Å². The SMILES string of the molecule is CC(C)CC(=O)Nc1ccc(NC(=O)CNc2cc(Cl)ccc2Cl)cc1. The second-order valence-corrected chi connectivity index (χ2v) is 7.09. The Morgan fingerprint density at radius 3 is 2.08 bits per heavy atom. The monoisotopic (exact) mass is 393 g/mol. The Morgan fingerprint density at radius 1 is 0.923 bits per heavy atom. The zero-order chi connectivity index (χ0) is 19.1. The van der Waals surface area contributed by atoms with Crippen LogP contribution in [0.25, 0.3) is 0 Å². The summed E-state index contributed by atoms with van der Waals surface area (Å²) < 4.78 is 0. The zero-order valence-corrected chi connectivity index (χ0v) is 16.1. The number of hydrogen-bond acceptors (Lipinski definition) is 3. The minimum atomic E-state index is -0.224. The van der Waals surface area contributed by atoms with Gasteiger partial charge in [-0.3, -0.25) is 9.59 Å². The molecule has 2 rings (SSSR count). The fourth-order valence-corrected chi connectivity index (χ4v) is 2.59. The molecule has 0 heterocycles. The van der Waals surface area contributed by atoms with Crippen molar-refractivity contribution in [3.8, 4) is 0 Å². The minimum Gasteiger partial charge on any atom is -0.375 e. The molecule has 0 aromatic heterocycles. The van der Waals surface area contributed by atoms with E-state index >= 15 is 0 Å². The van der Waals surface area contributed by atoms with Crippen LogP contribution in [0, 0.1) is 5.92 Å². The summed E-state index contributed by atoms with van der Waals surface area (Å²) in [5.41, 5.74) is 1.92. The molecule has 0 spiro atoms. The number of carbonyl (C=O) groups is 2. The third-order valence-corrected chi connectivity index (χ3v) is 3.98. The van der Waals surface area contributed by atoms with Gasteiger partial charge in [0.05, 0.1) is 17.3 Å². The second kappa shape index (κ2) is 9.46. The number of benzene rings is 2. The average Bonchev–Trinajstić information content (AvgIpc) is 2.56. The van der Waals surface area contributed by atoms with E-state index < -0.39 is 0 Å². The molecular weight excluding hydrogens is 373 g/mol. The Bertz CT molecular complexity index is 777. The van der Waals surface area contributed by atoms with Crippen molar-refractivity contribution in [2.75, 3.05) is 22.5 Å². The Balaban J connectivity index is 1.85. The summed E-state index contributed by atoms with van der Waals surface area (Å²) in [4.78, 5) is 23.8. The maximum Gasteiger partial charge on any atom is 0.243 e. The van der Waals surface area contributed by atoms with Crippen LogP contribution in [0.4, 0.5) is 17.1 Å². The first-order chi connectivity index (χ1) is 12.3. The van der Waals surface area contributed by atoms with E-state index in [0.717, 1.165) is 0 Å². The highest BCUT2D eigenvalue weighted by Gasteiger charge is 2.07. The zero-order valence-electron chi connectivity index (χ0n) is 14.6. The molecule has 3 N–H and O–H groups in total. The van der Waals surface area contributed by atoms with Gasteiger partial charge in [0.25, 0.3) is 0 Å². The topological polar surface area (TPSA) is 70.2 Å². The van der Waals surface area contributed by atoms with Crippen molar-refractivity contribution in [2.45, 2.75) is 20.3 Å². The van der Waals surface area contributed by atoms with Crippen molar-refractivity contribution in [1.82, 2.24) is 0 Å². The first-order valence-electron chi connectivity index (χ1n) is 8.22. The number of nitrogens with one attached hydrogen (secondary N) is 3. The molecule has 0 saturated heterocycles. The summed E-state index contributed by atoms with van der Waals surface area (Å²) in [5, 5.41) is 9.56. The van der Waals surface area contributed by atoms with Gasteiger partial charge in [0, 0.05) is 22.8 Å². The third kappa shape index (κ3) is 6.58. The van der Waals surface area contributed by atoms with Crippen molar-refractivity contribution < 1.29 is 9.59 Å². The van der Waals surface area contributed by atoms with E-state index in [4.69, 9.17) is 23.2 Å². The van der Waals surface area contributed by atoms with Gasteiger partial charge in [0.1, 0.15) is 0 Å². The molecule has 2 aromatic carbocycles. The molecule has 0 aliphatic heterocycles. The van der Waals surface area contributed by atoms with E-state index in [9.17, 15) is 9.59 Å². The van der Waals surface area contributed by atoms with Crippen LogP contribution in [-0.4, -0.2) is 18.4 Å². The lowest BCUT2D eigenvalue weighted by atomic mass is 10.1. The third-order valence-electron chi connectivity index (χ3n) is 3.41.